The lowest BCUT2D eigenvalue weighted by Gasteiger charge is -2.18. The van der Waals surface area contributed by atoms with Crippen LogP contribution in [0.15, 0.2) is 72.9 Å². The van der Waals surface area contributed by atoms with Gasteiger partial charge in [0.2, 0.25) is 0 Å². The maximum atomic E-state index is 12.8. The summed E-state index contributed by atoms with van der Waals surface area (Å²) in [5.41, 5.74) is 0. The van der Waals surface area contributed by atoms with E-state index in [1.54, 1.807) is 0 Å². The SMILES string of the molecule is CC\C=C/C=C\C=C/C=C\C=C\C=C/CCCCCC(=O)OCC(COC(=O)CCCCCCCCCCCCC)OC(=O)CCCCCCCCCCCCCCCCCC. The molecule has 0 saturated heterocycles. The minimum atomic E-state index is -0.789. The summed E-state index contributed by atoms with van der Waals surface area (Å²) in [7, 11) is 0. The molecule has 0 saturated carbocycles. The number of rotatable bonds is 46. The van der Waals surface area contributed by atoms with Crippen LogP contribution in [0.1, 0.15) is 245 Å². The number of carbonyl (C=O) groups is 3. The first-order valence-corrected chi connectivity index (χ1v) is 26.0. The molecule has 62 heavy (non-hydrogen) atoms. The van der Waals surface area contributed by atoms with Gasteiger partial charge in [-0.1, -0.05) is 261 Å². The third kappa shape index (κ3) is 47.9. The molecular weight excluding hydrogens is 769 g/mol. The number of esters is 3. The van der Waals surface area contributed by atoms with Crippen molar-refractivity contribution in [2.75, 3.05) is 13.2 Å². The molecule has 0 spiro atoms. The van der Waals surface area contributed by atoms with Crippen molar-refractivity contribution in [2.45, 2.75) is 252 Å². The smallest absolute Gasteiger partial charge is 0.306 e. The molecule has 0 heterocycles. The Hall–Kier alpha value is -3.15. The maximum Gasteiger partial charge on any atom is 0.306 e. The Labute approximate surface area is 382 Å². The normalized spacial score (nSPS) is 12.6. The molecule has 0 bridgehead atoms. The van der Waals surface area contributed by atoms with Gasteiger partial charge in [-0.05, 0) is 38.5 Å². The van der Waals surface area contributed by atoms with E-state index in [-0.39, 0.29) is 31.1 Å². The van der Waals surface area contributed by atoms with Crippen LogP contribution in [-0.4, -0.2) is 37.2 Å². The third-order valence-electron chi connectivity index (χ3n) is 11.1. The van der Waals surface area contributed by atoms with E-state index in [1.165, 1.54) is 135 Å². The van der Waals surface area contributed by atoms with Crippen molar-refractivity contribution in [3.63, 3.8) is 0 Å². The average Bonchev–Trinajstić information content (AvgIpc) is 3.27. The highest BCUT2D eigenvalue weighted by Crippen LogP contribution is 2.16. The summed E-state index contributed by atoms with van der Waals surface area (Å²) in [5, 5.41) is 0. The molecule has 0 fully saturated rings. The molecule has 6 nitrogen and oxygen atoms in total. The Morgan fingerprint density at radius 1 is 0.339 bits per heavy atom. The van der Waals surface area contributed by atoms with Crippen LogP contribution in [0.4, 0.5) is 0 Å². The van der Waals surface area contributed by atoms with Gasteiger partial charge in [0.05, 0.1) is 0 Å². The van der Waals surface area contributed by atoms with Crippen LogP contribution in [0.2, 0.25) is 0 Å². The van der Waals surface area contributed by atoms with E-state index in [1.807, 2.05) is 60.8 Å². The van der Waals surface area contributed by atoms with Gasteiger partial charge in [0.25, 0.3) is 0 Å². The van der Waals surface area contributed by atoms with Crippen LogP contribution >= 0.6 is 0 Å². The highest BCUT2D eigenvalue weighted by molar-refractivity contribution is 5.71. The Morgan fingerprint density at radius 3 is 0.984 bits per heavy atom. The van der Waals surface area contributed by atoms with Gasteiger partial charge in [0, 0.05) is 19.3 Å². The van der Waals surface area contributed by atoms with Crippen molar-refractivity contribution in [3.8, 4) is 0 Å². The third-order valence-corrected chi connectivity index (χ3v) is 11.1. The molecule has 1 unspecified atom stereocenters. The van der Waals surface area contributed by atoms with Crippen LogP contribution in [-0.2, 0) is 28.6 Å². The molecule has 356 valence electrons. The molecule has 0 aromatic carbocycles. The first kappa shape index (κ1) is 58.9. The van der Waals surface area contributed by atoms with Crippen molar-refractivity contribution < 1.29 is 28.6 Å². The number of unbranched alkanes of at least 4 members (excludes halogenated alkanes) is 28. The van der Waals surface area contributed by atoms with Gasteiger partial charge < -0.3 is 14.2 Å². The summed E-state index contributed by atoms with van der Waals surface area (Å²) in [4.78, 5) is 37.9. The fourth-order valence-electron chi connectivity index (χ4n) is 7.24. The summed E-state index contributed by atoms with van der Waals surface area (Å²) in [6.45, 7) is 6.46. The van der Waals surface area contributed by atoms with Crippen molar-refractivity contribution in [1.29, 1.82) is 0 Å². The molecule has 0 aromatic rings. The zero-order chi connectivity index (χ0) is 45.1. The zero-order valence-corrected chi connectivity index (χ0v) is 40.6. The van der Waals surface area contributed by atoms with Crippen molar-refractivity contribution in [2.24, 2.45) is 0 Å². The van der Waals surface area contributed by atoms with E-state index >= 15 is 0 Å². The Bertz CT molecular complexity index is 1180. The molecule has 0 aliphatic rings. The minimum Gasteiger partial charge on any atom is -0.462 e. The number of allylic oxidation sites excluding steroid dienone is 12. The van der Waals surface area contributed by atoms with Gasteiger partial charge in [0.1, 0.15) is 13.2 Å². The van der Waals surface area contributed by atoms with Crippen LogP contribution in [0.25, 0.3) is 0 Å². The lowest BCUT2D eigenvalue weighted by Crippen LogP contribution is -2.30. The van der Waals surface area contributed by atoms with Crippen molar-refractivity contribution >= 4 is 17.9 Å². The molecule has 0 aliphatic heterocycles. The summed E-state index contributed by atoms with van der Waals surface area (Å²) in [6.07, 6.45) is 63.1. The monoisotopic (exact) mass is 865 g/mol. The van der Waals surface area contributed by atoms with E-state index in [0.717, 1.165) is 70.6 Å². The highest BCUT2D eigenvalue weighted by atomic mass is 16.6. The van der Waals surface area contributed by atoms with Crippen molar-refractivity contribution in [3.05, 3.63) is 72.9 Å². The predicted molar refractivity (Wildman–Crippen MR) is 265 cm³/mol. The topological polar surface area (TPSA) is 78.9 Å². The van der Waals surface area contributed by atoms with Crippen molar-refractivity contribution in [1.82, 2.24) is 0 Å². The lowest BCUT2D eigenvalue weighted by molar-refractivity contribution is -0.167. The second kappa shape index (κ2) is 50.5. The molecule has 1 atom stereocenters. The number of ether oxygens (including phenoxy) is 3. The van der Waals surface area contributed by atoms with Gasteiger partial charge in [-0.3, -0.25) is 14.4 Å². The first-order valence-electron chi connectivity index (χ1n) is 26.0. The predicted octanol–water partition coefficient (Wildman–Crippen LogP) is 17.0. The Balaban J connectivity index is 4.44. The number of carbonyl (C=O) groups excluding carboxylic acids is 3. The van der Waals surface area contributed by atoms with Gasteiger partial charge in [-0.2, -0.15) is 0 Å². The van der Waals surface area contributed by atoms with Gasteiger partial charge in [-0.25, -0.2) is 0 Å². The number of hydrogen-bond acceptors (Lipinski definition) is 6. The molecule has 6 heteroatoms. The quantitative estimate of drug-likeness (QED) is 0.0262. The molecular formula is C56H96O6. The molecule has 0 aromatic heterocycles. The van der Waals surface area contributed by atoms with E-state index in [2.05, 4.69) is 32.9 Å². The van der Waals surface area contributed by atoms with Gasteiger partial charge in [0.15, 0.2) is 6.10 Å². The first-order chi connectivity index (χ1) is 30.5. The second-order valence-electron chi connectivity index (χ2n) is 17.2. The van der Waals surface area contributed by atoms with E-state index < -0.39 is 6.10 Å². The summed E-state index contributed by atoms with van der Waals surface area (Å²) in [5.74, 6) is -0.927. The summed E-state index contributed by atoms with van der Waals surface area (Å²) >= 11 is 0. The second-order valence-corrected chi connectivity index (χ2v) is 17.2. The zero-order valence-electron chi connectivity index (χ0n) is 40.6. The molecule has 0 amide bonds. The minimum absolute atomic E-state index is 0.0869. The van der Waals surface area contributed by atoms with Crippen LogP contribution in [0.5, 0.6) is 0 Å². The Kier molecular flexibility index (Phi) is 47.9. The fourth-order valence-corrected chi connectivity index (χ4v) is 7.24. The molecule has 0 radical (unpaired) electrons. The fraction of sp³-hybridized carbons (Fsp3) is 0.732. The van der Waals surface area contributed by atoms with Crippen LogP contribution < -0.4 is 0 Å². The number of hydrogen-bond donors (Lipinski definition) is 0. The molecule has 0 rings (SSSR count). The summed E-state index contributed by atoms with van der Waals surface area (Å²) < 4.78 is 16.8. The maximum absolute atomic E-state index is 12.8. The standard InChI is InChI=1S/C56H96O6/c1-4-7-10-13-16-19-22-24-26-28-30-31-34-37-40-43-46-49-55(58)61-52-53(51-60-54(57)48-45-42-39-36-33-21-18-15-12-9-6-3)62-56(59)50-47-44-41-38-35-32-29-27-25-23-20-17-14-11-8-5-2/h7,10,13,16,19,22,24,26,28,30-31,34,53H,4-6,8-9,11-12,14-15,17-18,20-21,23,25,27,29,32-33,35-52H2,1-3H3/b10-7-,16-13-,22-19-,26-24-,30-28+,34-31-. The molecule has 0 N–H and O–H groups in total. The average molecular weight is 865 g/mol. The highest BCUT2D eigenvalue weighted by Gasteiger charge is 2.19. The molecule has 0 aliphatic carbocycles. The van der Waals surface area contributed by atoms with Crippen LogP contribution in [0, 0.1) is 0 Å². The van der Waals surface area contributed by atoms with Crippen LogP contribution in [0.3, 0.4) is 0 Å². The van der Waals surface area contributed by atoms with E-state index in [0.29, 0.717) is 19.3 Å². The van der Waals surface area contributed by atoms with E-state index in [4.69, 9.17) is 14.2 Å². The van der Waals surface area contributed by atoms with Gasteiger partial charge in [-0.15, -0.1) is 0 Å². The van der Waals surface area contributed by atoms with Gasteiger partial charge >= 0.3 is 17.9 Å². The summed E-state index contributed by atoms with van der Waals surface area (Å²) in [6, 6.07) is 0. The largest absolute Gasteiger partial charge is 0.462 e. The van der Waals surface area contributed by atoms with E-state index in [9.17, 15) is 14.4 Å². The Morgan fingerprint density at radius 2 is 0.629 bits per heavy atom. The lowest BCUT2D eigenvalue weighted by atomic mass is 10.0.